The summed E-state index contributed by atoms with van der Waals surface area (Å²) < 4.78 is 1.62. The van der Waals surface area contributed by atoms with E-state index in [1.165, 1.54) is 0 Å². The molecule has 1 aromatic heterocycles. The van der Waals surface area contributed by atoms with E-state index in [-0.39, 0.29) is 10.9 Å². The van der Waals surface area contributed by atoms with Gasteiger partial charge in [-0.2, -0.15) is 0 Å². The summed E-state index contributed by atoms with van der Waals surface area (Å²) >= 11 is 12.6. The van der Waals surface area contributed by atoms with Crippen molar-refractivity contribution in [2.24, 2.45) is 21.2 Å². The molecule has 8 nitrogen and oxygen atoms in total. The molecule has 1 aromatic carbocycles. The van der Waals surface area contributed by atoms with Crippen LogP contribution in [0.15, 0.2) is 45.7 Å². The highest BCUT2D eigenvalue weighted by molar-refractivity contribution is 6.37. The van der Waals surface area contributed by atoms with Crippen molar-refractivity contribution >= 4 is 40.7 Å². The van der Waals surface area contributed by atoms with E-state index in [0.717, 1.165) is 49.2 Å². The van der Waals surface area contributed by atoms with Gasteiger partial charge in [-0.3, -0.25) is 9.98 Å². The zero-order valence-corrected chi connectivity index (χ0v) is 19.9. The molecule has 0 radical (unpaired) electrons. The molecule has 4 N–H and O–H groups in total. The van der Waals surface area contributed by atoms with Crippen molar-refractivity contribution in [1.82, 2.24) is 4.57 Å². The molecule has 0 unspecified atom stereocenters. The summed E-state index contributed by atoms with van der Waals surface area (Å²) in [5.74, 6) is 6.00. The van der Waals surface area contributed by atoms with Crippen LogP contribution in [0.1, 0.15) is 63.6 Å². The molecular formula is C22H29Cl2N8-. The first-order chi connectivity index (χ1) is 15.4. The van der Waals surface area contributed by atoms with Crippen LogP contribution in [0.2, 0.25) is 10.2 Å². The Balaban J connectivity index is 2.16. The molecule has 0 bridgehead atoms. The summed E-state index contributed by atoms with van der Waals surface area (Å²) in [6, 6.07) is 9.15. The van der Waals surface area contributed by atoms with Gasteiger partial charge in [0, 0.05) is 11.5 Å². The number of nitrogens with one attached hydrogen (secondary N) is 2. The molecule has 0 atom stereocenters. The number of nitrogens with zero attached hydrogens (tertiary/aromatic N) is 5. The number of aromatic nitrogens is 1. The molecule has 32 heavy (non-hydrogen) atoms. The molecule has 0 spiro atoms. The summed E-state index contributed by atoms with van der Waals surface area (Å²) in [5.41, 5.74) is 2.02. The number of benzene rings is 1. The van der Waals surface area contributed by atoms with Gasteiger partial charge in [0.05, 0.1) is 5.02 Å². The lowest BCUT2D eigenvalue weighted by Crippen LogP contribution is -2.07. The van der Waals surface area contributed by atoms with E-state index >= 15 is 0 Å². The Morgan fingerprint density at radius 3 is 2.34 bits per heavy atom. The van der Waals surface area contributed by atoms with Gasteiger partial charge in [-0.15, -0.1) is 5.11 Å². The van der Waals surface area contributed by atoms with Gasteiger partial charge in [0.15, 0.2) is 5.84 Å². The molecule has 172 valence electrons. The minimum atomic E-state index is -0.189. The fourth-order valence-corrected chi connectivity index (χ4v) is 3.65. The molecule has 0 amide bonds. The molecular weight excluding hydrogens is 447 g/mol. The Morgan fingerprint density at radius 2 is 1.72 bits per heavy atom. The first-order valence-corrected chi connectivity index (χ1v) is 11.3. The van der Waals surface area contributed by atoms with Crippen molar-refractivity contribution in [1.29, 1.82) is 10.8 Å². The van der Waals surface area contributed by atoms with Crippen LogP contribution in [0.4, 0.5) is 0 Å². The van der Waals surface area contributed by atoms with Crippen molar-refractivity contribution in [2.75, 3.05) is 0 Å². The Kier molecular flexibility index (Phi) is 10.4. The average molecular weight is 476 g/mol. The molecule has 0 aliphatic carbocycles. The van der Waals surface area contributed by atoms with Crippen molar-refractivity contribution in [3.8, 4) is 5.69 Å². The van der Waals surface area contributed by atoms with Crippen LogP contribution >= 0.6 is 23.2 Å². The Labute approximate surface area is 198 Å². The Hall–Kier alpha value is -2.71. The second-order valence-corrected chi connectivity index (χ2v) is 8.02. The second kappa shape index (κ2) is 13.0. The van der Waals surface area contributed by atoms with Crippen LogP contribution in [-0.4, -0.2) is 22.1 Å². The maximum Gasteiger partial charge on any atom is 0.194 e. The van der Waals surface area contributed by atoms with Gasteiger partial charge >= 0.3 is 0 Å². The highest BCUT2D eigenvalue weighted by Gasteiger charge is 2.18. The molecule has 2 rings (SSSR count). The lowest BCUT2D eigenvalue weighted by molar-refractivity contribution is 0.822. The van der Waals surface area contributed by atoms with Crippen molar-refractivity contribution in [2.45, 2.75) is 58.9 Å². The number of amidine groups is 3. The molecule has 1 heterocycles. The first kappa shape index (κ1) is 25.5. The van der Waals surface area contributed by atoms with E-state index < -0.39 is 0 Å². The number of hydrogen-bond donors (Lipinski definition) is 3. The summed E-state index contributed by atoms with van der Waals surface area (Å²) in [6.07, 6.45) is 5.48. The zero-order chi connectivity index (χ0) is 23.5. The normalized spacial score (nSPS) is 11.8. The lowest BCUT2D eigenvalue weighted by Gasteiger charge is -2.20. The van der Waals surface area contributed by atoms with E-state index in [0.29, 0.717) is 29.6 Å². The third kappa shape index (κ3) is 7.17. The van der Waals surface area contributed by atoms with Crippen molar-refractivity contribution in [3.63, 3.8) is 0 Å². The van der Waals surface area contributed by atoms with E-state index in [1.807, 2.05) is 24.3 Å². The third-order valence-corrected chi connectivity index (χ3v) is 5.28. The monoisotopic (exact) mass is 475 g/mol. The maximum absolute atomic E-state index is 8.06. The molecule has 0 aliphatic rings. The summed E-state index contributed by atoms with van der Waals surface area (Å²) in [4.78, 5) is 4.44. The summed E-state index contributed by atoms with van der Waals surface area (Å²) in [5, 5.41) is 28.1. The van der Waals surface area contributed by atoms with Crippen LogP contribution in [-0.2, 0) is 6.54 Å². The lowest BCUT2D eigenvalue weighted by atomic mass is 10.2. The van der Waals surface area contributed by atoms with E-state index in [9.17, 15) is 0 Å². The highest BCUT2D eigenvalue weighted by atomic mass is 35.5. The standard InChI is InChI=1S/C22H29Cl2N8/c1-3-5-7-19(25)29-20(8-6-4-2)28-14-15-9-11-16(12-10-15)32-18(24)13-17(23)21(32)22(26)30-31-27/h9-13H,3-8,14H2,1-2H3,(H4-,25,26,27,28,29,30)/q-1. The molecule has 0 fully saturated rings. The van der Waals surface area contributed by atoms with Crippen LogP contribution in [0.5, 0.6) is 0 Å². The van der Waals surface area contributed by atoms with Gasteiger partial charge < -0.3 is 21.6 Å². The second-order valence-electron chi connectivity index (χ2n) is 7.23. The summed E-state index contributed by atoms with van der Waals surface area (Å²) in [6.45, 7) is 4.69. The number of hydrogen-bond acceptors (Lipinski definition) is 3. The highest BCUT2D eigenvalue weighted by Crippen LogP contribution is 2.30. The van der Waals surface area contributed by atoms with Crippen LogP contribution in [0.3, 0.4) is 0 Å². The van der Waals surface area contributed by atoms with Crippen LogP contribution in [0, 0.1) is 10.8 Å². The van der Waals surface area contributed by atoms with Gasteiger partial charge in [-0.25, -0.2) is 0 Å². The zero-order valence-electron chi connectivity index (χ0n) is 18.4. The van der Waals surface area contributed by atoms with E-state index in [4.69, 9.17) is 39.9 Å². The SMILES string of the molecule is CCCCC(=N)N=C(CCCC)[N-]Cc1ccc(-n2c(Cl)cc(Cl)c2C(=N)N=NN)cc1. The number of halogens is 2. The topological polar surface area (TPSA) is 130 Å². The molecule has 0 saturated carbocycles. The van der Waals surface area contributed by atoms with Gasteiger partial charge in [-0.1, -0.05) is 79.5 Å². The molecule has 0 saturated heterocycles. The molecule has 10 heteroatoms. The average Bonchev–Trinajstić information content (AvgIpc) is 3.08. The van der Waals surface area contributed by atoms with Crippen LogP contribution < -0.4 is 5.84 Å². The number of rotatable bonds is 10. The van der Waals surface area contributed by atoms with E-state index in [1.54, 1.807) is 10.6 Å². The van der Waals surface area contributed by atoms with Crippen LogP contribution in [0.25, 0.3) is 11.0 Å². The Bertz CT molecular complexity index is 977. The summed E-state index contributed by atoms with van der Waals surface area (Å²) in [7, 11) is 0. The fraction of sp³-hybridized carbons (Fsp3) is 0.409. The van der Waals surface area contributed by atoms with Gasteiger partial charge in [0.25, 0.3) is 0 Å². The largest absolute Gasteiger partial charge is 0.464 e. The molecule has 2 aromatic rings. The predicted octanol–water partition coefficient (Wildman–Crippen LogP) is 7.07. The minimum Gasteiger partial charge on any atom is -0.464 e. The van der Waals surface area contributed by atoms with Gasteiger partial charge in [-0.05, 0) is 49.6 Å². The van der Waals surface area contributed by atoms with Gasteiger partial charge in [0.1, 0.15) is 10.8 Å². The third-order valence-electron chi connectivity index (χ3n) is 4.72. The van der Waals surface area contributed by atoms with Crippen molar-refractivity contribution < 1.29 is 0 Å². The maximum atomic E-state index is 8.06. The quantitative estimate of drug-likeness (QED) is 0.109. The molecule has 0 aliphatic heterocycles. The number of aliphatic imine (C=N–C) groups is 1. The fourth-order valence-electron chi connectivity index (χ4n) is 3.02. The minimum absolute atomic E-state index is 0.189. The Morgan fingerprint density at radius 1 is 1.06 bits per heavy atom. The van der Waals surface area contributed by atoms with E-state index in [2.05, 4.69) is 34.5 Å². The first-order valence-electron chi connectivity index (χ1n) is 10.6. The van der Waals surface area contributed by atoms with Gasteiger partial charge in [0.2, 0.25) is 0 Å². The number of nitrogens with two attached hydrogens (primary N) is 1. The predicted molar refractivity (Wildman–Crippen MR) is 133 cm³/mol. The smallest absolute Gasteiger partial charge is 0.194 e. The number of unbranched alkanes of at least 4 members (excludes halogenated alkanes) is 2. The van der Waals surface area contributed by atoms with Crippen molar-refractivity contribution in [3.05, 3.63) is 57.1 Å².